The molecule has 0 aromatic heterocycles. The Hall–Kier alpha value is 0.140. The van der Waals surface area contributed by atoms with Crippen molar-refractivity contribution in [2.45, 2.75) is 6.92 Å². The molecule has 41 valence electrons. The summed E-state index contributed by atoms with van der Waals surface area (Å²) in [6, 6.07) is 0. The van der Waals surface area contributed by atoms with E-state index in [1.807, 2.05) is 0 Å². The summed E-state index contributed by atoms with van der Waals surface area (Å²) in [4.78, 5) is 12.8. The summed E-state index contributed by atoms with van der Waals surface area (Å²) in [7, 11) is 0. The van der Waals surface area contributed by atoms with Crippen LogP contribution in [-0.4, -0.2) is 6.61 Å². The molecule has 3 nitrogen and oxygen atoms in total. The third-order valence-corrected chi connectivity index (χ3v) is 0.182. The van der Waals surface area contributed by atoms with Gasteiger partial charge in [-0.2, -0.15) is 0 Å². The van der Waals surface area contributed by atoms with E-state index in [4.69, 9.17) is 4.91 Å². The Kier molecular flexibility index (Phi) is 14.1. The van der Waals surface area contributed by atoms with Gasteiger partial charge >= 0.3 is 0 Å². The van der Waals surface area contributed by atoms with Crippen LogP contribution in [0.3, 0.4) is 0 Å². The minimum Gasteiger partial charge on any atom is -0.364 e. The summed E-state index contributed by atoms with van der Waals surface area (Å²) in [5, 5.41) is 2.10. The molecule has 0 aromatic carbocycles. The predicted molar refractivity (Wildman–Crippen MR) is 17.4 cm³/mol. The van der Waals surface area contributed by atoms with Crippen molar-refractivity contribution in [1.29, 1.82) is 0 Å². The van der Waals surface area contributed by atoms with Crippen molar-refractivity contribution < 1.29 is 27.2 Å². The van der Waals surface area contributed by atoms with E-state index in [9.17, 15) is 0 Å². The fourth-order valence-corrected chi connectivity index (χ4v) is 0.0527. The Bertz CT molecular complexity index is 32.7. The van der Waals surface area contributed by atoms with Crippen LogP contribution in [0.2, 0.25) is 0 Å². The van der Waals surface area contributed by atoms with E-state index in [0.29, 0.717) is 6.61 Å². The van der Waals surface area contributed by atoms with Gasteiger partial charge in [0.1, 0.15) is 6.61 Å². The maximum absolute atomic E-state index is 8.93. The second-order valence-electron chi connectivity index (χ2n) is 0.492. The van der Waals surface area contributed by atoms with Crippen LogP contribution in [0.25, 0.3) is 0 Å². The third kappa shape index (κ3) is 8.91. The molecule has 0 spiro atoms. The molecule has 0 saturated carbocycles. The van der Waals surface area contributed by atoms with Crippen LogP contribution in [0.4, 0.5) is 0 Å². The molecule has 1 radical (unpaired) electrons. The predicted octanol–water partition coefficient (Wildman–Crippen LogP) is 0.702. The molecule has 0 saturated heterocycles. The van der Waals surface area contributed by atoms with Gasteiger partial charge in [0.05, 0.1) is 0 Å². The van der Waals surface area contributed by atoms with Crippen LogP contribution in [0.1, 0.15) is 6.92 Å². The Morgan fingerprint density at radius 1 is 1.83 bits per heavy atom. The Morgan fingerprint density at radius 3 is 2.33 bits per heavy atom. The summed E-state index contributed by atoms with van der Waals surface area (Å²) in [6.45, 7) is 2.06. The van der Waals surface area contributed by atoms with Crippen molar-refractivity contribution >= 4 is 0 Å². The first-order chi connectivity index (χ1) is 2.41. The fourth-order valence-electron chi connectivity index (χ4n) is 0.0527. The summed E-state index contributed by atoms with van der Waals surface area (Å²) < 4.78 is 0. The van der Waals surface area contributed by atoms with Crippen LogP contribution in [0, 0.1) is 4.91 Å². The molecule has 0 atom stereocenters. The van der Waals surface area contributed by atoms with E-state index >= 15 is 0 Å². The van der Waals surface area contributed by atoms with E-state index in [2.05, 4.69) is 10.2 Å². The molecule has 0 N–H and O–H groups in total. The zero-order valence-electron chi connectivity index (χ0n) is 3.27. The minimum atomic E-state index is 0. The van der Waals surface area contributed by atoms with E-state index in [-0.39, 0.29) is 22.4 Å². The maximum atomic E-state index is 8.93. The van der Waals surface area contributed by atoms with Crippen LogP contribution in [0.15, 0.2) is 5.34 Å². The van der Waals surface area contributed by atoms with E-state index in [0.717, 1.165) is 0 Å². The van der Waals surface area contributed by atoms with Gasteiger partial charge in [-0.15, -0.1) is 4.91 Å². The van der Waals surface area contributed by atoms with Crippen molar-refractivity contribution in [3.8, 4) is 0 Å². The standard InChI is InChI=1S/C2H5NO2.Ag/c1-2-5-3-4;/h2H2,1H3;. The molecule has 0 aliphatic carbocycles. The van der Waals surface area contributed by atoms with Crippen LogP contribution < -0.4 is 0 Å². The van der Waals surface area contributed by atoms with Crippen LogP contribution in [0.5, 0.6) is 0 Å². The molecule has 0 aliphatic rings. The topological polar surface area (TPSA) is 38.7 Å². The molecule has 6 heavy (non-hydrogen) atoms. The third-order valence-electron chi connectivity index (χ3n) is 0.182. The second-order valence-corrected chi connectivity index (χ2v) is 0.492. The van der Waals surface area contributed by atoms with E-state index in [1.54, 1.807) is 6.92 Å². The molecule has 4 heteroatoms. The molecule has 0 aromatic rings. The van der Waals surface area contributed by atoms with E-state index in [1.165, 1.54) is 0 Å². The fraction of sp³-hybridized carbons (Fsp3) is 1.00. The average molecular weight is 183 g/mol. The van der Waals surface area contributed by atoms with Crippen LogP contribution in [-0.2, 0) is 27.2 Å². The smallest absolute Gasteiger partial charge is 0.155 e. The van der Waals surface area contributed by atoms with Crippen molar-refractivity contribution in [2.75, 3.05) is 6.61 Å². The quantitative estimate of drug-likeness (QED) is 0.359. The van der Waals surface area contributed by atoms with E-state index < -0.39 is 0 Å². The largest absolute Gasteiger partial charge is 0.364 e. The van der Waals surface area contributed by atoms with Gasteiger partial charge in [-0.1, -0.05) is 0 Å². The Labute approximate surface area is 51.5 Å². The van der Waals surface area contributed by atoms with Crippen molar-refractivity contribution in [1.82, 2.24) is 0 Å². The van der Waals surface area contributed by atoms with Crippen molar-refractivity contribution in [3.63, 3.8) is 0 Å². The average Bonchev–Trinajstić information content (AvgIpc) is 1.41. The monoisotopic (exact) mass is 182 g/mol. The van der Waals surface area contributed by atoms with Crippen molar-refractivity contribution in [2.24, 2.45) is 5.34 Å². The summed E-state index contributed by atoms with van der Waals surface area (Å²) in [5.41, 5.74) is 0. The van der Waals surface area contributed by atoms with Gasteiger partial charge in [-0.25, -0.2) is 0 Å². The van der Waals surface area contributed by atoms with Gasteiger partial charge in [-0.05, 0) is 6.92 Å². The summed E-state index contributed by atoms with van der Waals surface area (Å²) in [5.74, 6) is 0. The molecular weight excluding hydrogens is 178 g/mol. The second kappa shape index (κ2) is 8.94. The first-order valence-electron chi connectivity index (χ1n) is 1.36. The molecular formula is C2H5AgNO2. The zero-order chi connectivity index (χ0) is 4.12. The normalized spacial score (nSPS) is 5.50. The Morgan fingerprint density at radius 2 is 2.33 bits per heavy atom. The number of rotatable bonds is 2. The first kappa shape index (κ1) is 9.46. The van der Waals surface area contributed by atoms with Gasteiger partial charge in [0.15, 0.2) is 5.34 Å². The van der Waals surface area contributed by atoms with Gasteiger partial charge in [0.25, 0.3) is 0 Å². The molecule has 0 bridgehead atoms. The summed E-state index contributed by atoms with van der Waals surface area (Å²) in [6.07, 6.45) is 0. The molecule has 0 fully saturated rings. The minimum absolute atomic E-state index is 0. The number of hydrogen-bond donors (Lipinski definition) is 0. The molecule has 0 aliphatic heterocycles. The molecule has 0 unspecified atom stereocenters. The molecule has 0 rings (SSSR count). The first-order valence-corrected chi connectivity index (χ1v) is 1.36. The van der Waals surface area contributed by atoms with Gasteiger partial charge in [0.2, 0.25) is 0 Å². The summed E-state index contributed by atoms with van der Waals surface area (Å²) >= 11 is 0. The van der Waals surface area contributed by atoms with Gasteiger partial charge in [0, 0.05) is 22.4 Å². The molecule has 0 heterocycles. The number of hydrogen-bond acceptors (Lipinski definition) is 3. The van der Waals surface area contributed by atoms with Gasteiger partial charge in [-0.3, -0.25) is 0 Å². The molecule has 0 amide bonds. The SMILES string of the molecule is CCON=O.[Ag]. The van der Waals surface area contributed by atoms with Crippen molar-refractivity contribution in [3.05, 3.63) is 4.91 Å². The zero-order valence-corrected chi connectivity index (χ0v) is 4.75. The van der Waals surface area contributed by atoms with Gasteiger partial charge < -0.3 is 4.84 Å². The maximum Gasteiger partial charge on any atom is 0.155 e. The number of nitrogens with zero attached hydrogens (tertiary/aromatic N) is 1. The Balaban J connectivity index is 0. The van der Waals surface area contributed by atoms with Crippen LogP contribution >= 0.6 is 0 Å².